The molecule has 1 amide bonds. The van der Waals surface area contributed by atoms with Gasteiger partial charge >= 0.3 is 0 Å². The molecule has 0 aliphatic heterocycles. The fourth-order valence-electron chi connectivity index (χ4n) is 2.73. The first-order valence-electron chi connectivity index (χ1n) is 9.26. The Morgan fingerprint density at radius 3 is 2.76 bits per heavy atom. The maximum absolute atomic E-state index is 12.2. The minimum Gasteiger partial charge on any atom is -0.497 e. The van der Waals surface area contributed by atoms with Gasteiger partial charge in [-0.15, -0.1) is 10.2 Å². The lowest BCUT2D eigenvalue weighted by Gasteiger charge is -2.08. The first-order chi connectivity index (χ1) is 14.1. The van der Waals surface area contributed by atoms with Gasteiger partial charge in [0.05, 0.1) is 18.6 Å². The van der Waals surface area contributed by atoms with Crippen LogP contribution in [0.25, 0.3) is 5.69 Å². The molecule has 1 N–H and O–H groups in total. The lowest BCUT2D eigenvalue weighted by Crippen LogP contribution is -2.26. The topological polar surface area (TPSA) is 69.0 Å². The van der Waals surface area contributed by atoms with Gasteiger partial charge in [-0.1, -0.05) is 41.6 Å². The van der Waals surface area contributed by atoms with Crippen molar-refractivity contribution >= 4 is 29.3 Å². The predicted molar refractivity (Wildman–Crippen MR) is 116 cm³/mol. The first-order valence-corrected chi connectivity index (χ1v) is 10.6. The van der Waals surface area contributed by atoms with Crippen LogP contribution in [0.15, 0.2) is 53.9 Å². The minimum absolute atomic E-state index is 0.0266. The van der Waals surface area contributed by atoms with E-state index in [9.17, 15) is 4.79 Å². The number of methoxy groups -OCH3 is 1. The molecule has 2 aromatic carbocycles. The third-order valence-corrected chi connectivity index (χ3v) is 5.76. The molecular weight excluding hydrogens is 408 g/mol. The van der Waals surface area contributed by atoms with Crippen LogP contribution in [0.3, 0.4) is 0 Å². The number of aryl methyl sites for hydroxylation is 2. The number of carbonyl (C=O) groups is 1. The molecule has 0 bridgehead atoms. The second-order valence-corrected chi connectivity index (χ2v) is 7.86. The van der Waals surface area contributed by atoms with Gasteiger partial charge in [0.15, 0.2) is 5.16 Å². The SMILES string of the molecule is COc1ccc(CCCNC(=O)CSc2nncn2-c2ccc(C)c(Cl)c2)cc1. The number of thioether (sulfide) groups is 1. The van der Waals surface area contributed by atoms with E-state index in [4.69, 9.17) is 16.3 Å². The molecule has 29 heavy (non-hydrogen) atoms. The Kier molecular flexibility index (Phi) is 7.55. The Hall–Kier alpha value is -2.51. The summed E-state index contributed by atoms with van der Waals surface area (Å²) in [6.45, 7) is 2.58. The number of amides is 1. The smallest absolute Gasteiger partial charge is 0.230 e. The molecule has 0 atom stereocenters. The van der Waals surface area contributed by atoms with Crippen LogP contribution < -0.4 is 10.1 Å². The molecular formula is C21H23ClN4O2S. The van der Waals surface area contributed by atoms with Crippen LogP contribution in [-0.4, -0.2) is 40.1 Å². The summed E-state index contributed by atoms with van der Waals surface area (Å²) in [6.07, 6.45) is 3.40. The average molecular weight is 431 g/mol. The summed E-state index contributed by atoms with van der Waals surface area (Å²) in [5.74, 6) is 1.10. The molecule has 0 saturated heterocycles. The lowest BCUT2D eigenvalue weighted by atomic mass is 10.1. The van der Waals surface area contributed by atoms with Crippen molar-refractivity contribution in [1.29, 1.82) is 0 Å². The zero-order valence-electron chi connectivity index (χ0n) is 16.4. The van der Waals surface area contributed by atoms with Gasteiger partial charge in [0.2, 0.25) is 5.91 Å². The number of nitrogens with zero attached hydrogens (tertiary/aromatic N) is 3. The van der Waals surface area contributed by atoms with Crippen molar-refractivity contribution in [2.24, 2.45) is 0 Å². The van der Waals surface area contributed by atoms with E-state index in [0.29, 0.717) is 16.7 Å². The van der Waals surface area contributed by atoms with Crippen LogP contribution in [0.4, 0.5) is 0 Å². The normalized spacial score (nSPS) is 10.7. The molecule has 8 heteroatoms. The number of benzene rings is 2. The Labute approximate surface area is 179 Å². The minimum atomic E-state index is -0.0266. The van der Waals surface area contributed by atoms with Crippen LogP contribution >= 0.6 is 23.4 Å². The van der Waals surface area contributed by atoms with Crippen molar-refractivity contribution in [1.82, 2.24) is 20.1 Å². The van der Waals surface area contributed by atoms with E-state index in [1.54, 1.807) is 13.4 Å². The van der Waals surface area contributed by atoms with E-state index in [-0.39, 0.29) is 11.7 Å². The van der Waals surface area contributed by atoms with Crippen molar-refractivity contribution in [3.05, 3.63) is 64.9 Å². The Bertz CT molecular complexity index is 960. The summed E-state index contributed by atoms with van der Waals surface area (Å²) < 4.78 is 6.98. The van der Waals surface area contributed by atoms with Crippen molar-refractivity contribution in [3.8, 4) is 11.4 Å². The van der Waals surface area contributed by atoms with Crippen LogP contribution in [-0.2, 0) is 11.2 Å². The molecule has 0 aliphatic carbocycles. The molecule has 1 heterocycles. The highest BCUT2D eigenvalue weighted by atomic mass is 35.5. The van der Waals surface area contributed by atoms with Crippen molar-refractivity contribution in [3.63, 3.8) is 0 Å². The standard InChI is InChI=1S/C21H23ClN4O2S/c1-15-5-8-17(12-19(15)22)26-14-24-25-21(26)29-13-20(27)23-11-3-4-16-6-9-18(28-2)10-7-16/h5-10,12,14H,3-4,11,13H2,1-2H3,(H,23,27). The van der Waals surface area contributed by atoms with E-state index in [1.165, 1.54) is 17.3 Å². The van der Waals surface area contributed by atoms with Gasteiger partial charge in [0, 0.05) is 11.6 Å². The summed E-state index contributed by atoms with van der Waals surface area (Å²) in [6, 6.07) is 13.7. The molecule has 3 aromatic rings. The van der Waals surface area contributed by atoms with Gasteiger partial charge < -0.3 is 10.1 Å². The number of rotatable bonds is 9. The number of hydrogen-bond acceptors (Lipinski definition) is 5. The fraction of sp³-hybridized carbons (Fsp3) is 0.286. The zero-order chi connectivity index (χ0) is 20.6. The number of aromatic nitrogens is 3. The van der Waals surface area contributed by atoms with E-state index < -0.39 is 0 Å². The summed E-state index contributed by atoms with van der Waals surface area (Å²) in [5.41, 5.74) is 3.10. The second kappa shape index (κ2) is 10.3. The van der Waals surface area contributed by atoms with Crippen molar-refractivity contribution in [2.45, 2.75) is 24.9 Å². The Morgan fingerprint density at radius 2 is 2.03 bits per heavy atom. The number of nitrogens with one attached hydrogen (secondary N) is 1. The molecule has 0 saturated carbocycles. The monoisotopic (exact) mass is 430 g/mol. The van der Waals surface area contributed by atoms with Gasteiger partial charge in [0.25, 0.3) is 0 Å². The highest BCUT2D eigenvalue weighted by Crippen LogP contribution is 2.23. The van der Waals surface area contributed by atoms with Gasteiger partial charge in [0.1, 0.15) is 12.1 Å². The second-order valence-electron chi connectivity index (χ2n) is 6.51. The quantitative estimate of drug-likeness (QED) is 0.409. The molecule has 3 rings (SSSR count). The number of halogens is 1. The third-order valence-electron chi connectivity index (χ3n) is 4.41. The van der Waals surface area contributed by atoms with E-state index >= 15 is 0 Å². The number of carbonyl (C=O) groups excluding carboxylic acids is 1. The maximum atomic E-state index is 12.2. The van der Waals surface area contributed by atoms with Gasteiger partial charge in [-0.25, -0.2) is 0 Å². The van der Waals surface area contributed by atoms with E-state index in [1.807, 2.05) is 54.0 Å². The number of ether oxygens (including phenoxy) is 1. The molecule has 0 fully saturated rings. The highest BCUT2D eigenvalue weighted by Gasteiger charge is 2.11. The van der Waals surface area contributed by atoms with Crippen LogP contribution in [0.2, 0.25) is 5.02 Å². The largest absolute Gasteiger partial charge is 0.497 e. The third kappa shape index (κ3) is 5.98. The molecule has 1 aromatic heterocycles. The molecule has 0 spiro atoms. The molecule has 6 nitrogen and oxygen atoms in total. The molecule has 0 unspecified atom stereocenters. The Balaban J connectivity index is 1.44. The van der Waals surface area contributed by atoms with Crippen molar-refractivity contribution < 1.29 is 9.53 Å². The maximum Gasteiger partial charge on any atom is 0.230 e. The Morgan fingerprint density at radius 1 is 1.24 bits per heavy atom. The van der Waals surface area contributed by atoms with Gasteiger partial charge in [-0.3, -0.25) is 9.36 Å². The average Bonchev–Trinajstić information content (AvgIpc) is 3.21. The summed E-state index contributed by atoms with van der Waals surface area (Å²) >= 11 is 7.56. The first kappa shape index (κ1) is 21.2. The van der Waals surface area contributed by atoms with E-state index in [0.717, 1.165) is 29.8 Å². The zero-order valence-corrected chi connectivity index (χ0v) is 18.0. The van der Waals surface area contributed by atoms with Crippen molar-refractivity contribution in [2.75, 3.05) is 19.4 Å². The predicted octanol–water partition coefficient (Wildman–Crippen LogP) is 4.08. The fourth-order valence-corrected chi connectivity index (χ4v) is 3.66. The molecule has 0 radical (unpaired) electrons. The summed E-state index contributed by atoms with van der Waals surface area (Å²) in [7, 11) is 1.65. The van der Waals surface area contributed by atoms with Gasteiger partial charge in [-0.05, 0) is 55.2 Å². The van der Waals surface area contributed by atoms with E-state index in [2.05, 4.69) is 15.5 Å². The van der Waals surface area contributed by atoms with Crippen LogP contribution in [0.1, 0.15) is 17.5 Å². The van der Waals surface area contributed by atoms with Crippen LogP contribution in [0, 0.1) is 6.92 Å². The lowest BCUT2D eigenvalue weighted by molar-refractivity contribution is -0.118. The van der Waals surface area contributed by atoms with Gasteiger partial charge in [-0.2, -0.15) is 0 Å². The highest BCUT2D eigenvalue weighted by molar-refractivity contribution is 7.99. The molecule has 0 aliphatic rings. The number of hydrogen-bond donors (Lipinski definition) is 1. The van der Waals surface area contributed by atoms with Crippen LogP contribution in [0.5, 0.6) is 5.75 Å². The summed E-state index contributed by atoms with van der Waals surface area (Å²) in [4.78, 5) is 12.2. The molecule has 152 valence electrons. The summed E-state index contributed by atoms with van der Waals surface area (Å²) in [5, 5.41) is 12.4.